The number of ether oxygens (including phenoxy) is 1. The smallest absolute Gasteiger partial charge is 0.0816 e. The van der Waals surface area contributed by atoms with Gasteiger partial charge < -0.3 is 4.74 Å². The molecule has 0 amide bonds. The van der Waals surface area contributed by atoms with Gasteiger partial charge in [0.05, 0.1) is 13.4 Å². The summed E-state index contributed by atoms with van der Waals surface area (Å²) in [5, 5.41) is 0. The summed E-state index contributed by atoms with van der Waals surface area (Å²) in [4.78, 5) is 0. The highest BCUT2D eigenvalue weighted by Gasteiger charge is 2.17. The van der Waals surface area contributed by atoms with Crippen molar-refractivity contribution in [3.63, 3.8) is 0 Å². The average molecular weight is 166 g/mol. The van der Waals surface area contributed by atoms with Crippen LogP contribution in [0.25, 0.3) is 0 Å². The van der Waals surface area contributed by atoms with E-state index in [1.807, 2.05) is 6.26 Å². The zero-order chi connectivity index (χ0) is 8.97. The van der Waals surface area contributed by atoms with Crippen LogP contribution in [0.5, 0.6) is 0 Å². The number of allylic oxidation sites excluding steroid dienone is 2. The summed E-state index contributed by atoms with van der Waals surface area (Å²) in [5.74, 6) is 0.695. The lowest BCUT2D eigenvalue weighted by atomic mass is 9.82. The fourth-order valence-corrected chi connectivity index (χ4v) is 1.79. The molecule has 0 saturated heterocycles. The number of rotatable bonds is 2. The van der Waals surface area contributed by atoms with E-state index < -0.39 is 0 Å². The Kier molecular flexibility index (Phi) is 3.39. The Labute approximate surface area is 75.1 Å². The second kappa shape index (κ2) is 4.34. The van der Waals surface area contributed by atoms with Crippen LogP contribution in [0, 0.1) is 5.92 Å². The Morgan fingerprint density at radius 1 is 1.67 bits per heavy atom. The summed E-state index contributed by atoms with van der Waals surface area (Å²) in [6.45, 7) is 6.13. The molecule has 0 heterocycles. The minimum Gasteiger partial charge on any atom is -0.504 e. The summed E-state index contributed by atoms with van der Waals surface area (Å²) in [6, 6.07) is 0. The number of hydrogen-bond acceptors (Lipinski definition) is 1. The van der Waals surface area contributed by atoms with Crippen LogP contribution in [0.3, 0.4) is 0 Å². The molecule has 1 unspecified atom stereocenters. The van der Waals surface area contributed by atoms with Crippen molar-refractivity contribution >= 4 is 0 Å². The van der Waals surface area contributed by atoms with Gasteiger partial charge in [-0.2, -0.15) is 0 Å². The Morgan fingerprint density at radius 2 is 2.42 bits per heavy atom. The molecule has 0 radical (unpaired) electrons. The van der Waals surface area contributed by atoms with E-state index in [1.165, 1.54) is 30.4 Å². The molecule has 1 nitrogen and oxygen atoms in total. The molecule has 0 aromatic carbocycles. The molecule has 0 bridgehead atoms. The Morgan fingerprint density at radius 3 is 3.00 bits per heavy atom. The van der Waals surface area contributed by atoms with E-state index in [-0.39, 0.29) is 0 Å². The van der Waals surface area contributed by atoms with Gasteiger partial charge in [-0.05, 0) is 44.1 Å². The largest absolute Gasteiger partial charge is 0.504 e. The Bertz CT molecular complexity index is 191. The topological polar surface area (TPSA) is 9.23 Å². The molecule has 1 aliphatic rings. The van der Waals surface area contributed by atoms with Gasteiger partial charge in [0.15, 0.2) is 0 Å². The predicted molar refractivity (Wildman–Crippen MR) is 51.9 cm³/mol. The third kappa shape index (κ3) is 2.40. The Balaban J connectivity index is 2.51. The normalized spacial score (nSPS) is 27.2. The fraction of sp³-hybridized carbons (Fsp3) is 0.636. The highest BCUT2D eigenvalue weighted by molar-refractivity contribution is 5.10. The molecule has 0 spiro atoms. The van der Waals surface area contributed by atoms with Crippen LogP contribution in [0.15, 0.2) is 24.0 Å². The minimum absolute atomic E-state index is 0.695. The van der Waals surface area contributed by atoms with Crippen molar-refractivity contribution in [1.82, 2.24) is 0 Å². The summed E-state index contributed by atoms with van der Waals surface area (Å²) in [7, 11) is 1.72. The second-order valence-corrected chi connectivity index (χ2v) is 3.65. The molecule has 12 heavy (non-hydrogen) atoms. The van der Waals surface area contributed by atoms with Gasteiger partial charge in [-0.1, -0.05) is 12.2 Å². The van der Waals surface area contributed by atoms with Crippen molar-refractivity contribution in [2.45, 2.75) is 32.6 Å². The fourth-order valence-electron chi connectivity index (χ4n) is 1.79. The summed E-state index contributed by atoms with van der Waals surface area (Å²) in [5.41, 5.74) is 2.76. The third-order valence-corrected chi connectivity index (χ3v) is 2.54. The molecule has 0 aliphatic heterocycles. The lowest BCUT2D eigenvalue weighted by molar-refractivity contribution is 0.324. The Hall–Kier alpha value is -0.720. The van der Waals surface area contributed by atoms with Crippen molar-refractivity contribution in [1.29, 1.82) is 0 Å². The quantitative estimate of drug-likeness (QED) is 0.452. The van der Waals surface area contributed by atoms with Gasteiger partial charge in [0.25, 0.3) is 0 Å². The first-order chi connectivity index (χ1) is 5.74. The SMILES string of the molecule is C=C(C)C1CCC/C(=C/OC)C1. The van der Waals surface area contributed by atoms with Crippen LogP contribution >= 0.6 is 0 Å². The van der Waals surface area contributed by atoms with E-state index in [1.54, 1.807) is 7.11 Å². The first-order valence-electron chi connectivity index (χ1n) is 4.60. The number of methoxy groups -OCH3 is 1. The van der Waals surface area contributed by atoms with Crippen molar-refractivity contribution < 1.29 is 4.74 Å². The minimum atomic E-state index is 0.695. The van der Waals surface area contributed by atoms with Gasteiger partial charge in [0, 0.05) is 0 Å². The summed E-state index contributed by atoms with van der Waals surface area (Å²) in [6.07, 6.45) is 6.85. The van der Waals surface area contributed by atoms with Gasteiger partial charge in [0.1, 0.15) is 0 Å². The van der Waals surface area contributed by atoms with E-state index in [9.17, 15) is 0 Å². The monoisotopic (exact) mass is 166 g/mol. The van der Waals surface area contributed by atoms with Crippen LogP contribution in [0.1, 0.15) is 32.6 Å². The molecular weight excluding hydrogens is 148 g/mol. The zero-order valence-electron chi connectivity index (χ0n) is 8.10. The van der Waals surface area contributed by atoms with Gasteiger partial charge >= 0.3 is 0 Å². The van der Waals surface area contributed by atoms with Crippen molar-refractivity contribution in [2.24, 2.45) is 5.92 Å². The molecule has 1 fully saturated rings. The molecular formula is C11H18O. The molecule has 1 rings (SSSR count). The van der Waals surface area contributed by atoms with Crippen molar-refractivity contribution in [2.75, 3.05) is 7.11 Å². The molecule has 0 aromatic rings. The van der Waals surface area contributed by atoms with Gasteiger partial charge in [-0.3, -0.25) is 0 Å². The number of hydrogen-bond donors (Lipinski definition) is 0. The molecule has 0 aromatic heterocycles. The van der Waals surface area contributed by atoms with E-state index in [0.29, 0.717) is 5.92 Å². The van der Waals surface area contributed by atoms with Crippen LogP contribution in [-0.2, 0) is 4.74 Å². The van der Waals surface area contributed by atoms with E-state index in [2.05, 4.69) is 13.5 Å². The first-order valence-corrected chi connectivity index (χ1v) is 4.60. The maximum atomic E-state index is 5.02. The summed E-state index contributed by atoms with van der Waals surface area (Å²) >= 11 is 0. The maximum absolute atomic E-state index is 5.02. The molecule has 1 heteroatoms. The standard InChI is InChI=1S/C11H18O/c1-9(2)11-6-4-5-10(7-11)8-12-3/h8,11H,1,4-7H2,2-3H3/b10-8-. The van der Waals surface area contributed by atoms with E-state index in [0.717, 1.165) is 6.42 Å². The van der Waals surface area contributed by atoms with Crippen LogP contribution in [-0.4, -0.2) is 7.11 Å². The highest BCUT2D eigenvalue weighted by atomic mass is 16.5. The molecule has 1 atom stereocenters. The zero-order valence-corrected chi connectivity index (χ0v) is 8.10. The molecule has 1 saturated carbocycles. The van der Waals surface area contributed by atoms with Crippen molar-refractivity contribution in [3.8, 4) is 0 Å². The average Bonchev–Trinajstić information content (AvgIpc) is 2.05. The molecule has 68 valence electrons. The van der Waals surface area contributed by atoms with Crippen LogP contribution in [0.2, 0.25) is 0 Å². The first kappa shape index (κ1) is 9.37. The highest BCUT2D eigenvalue weighted by Crippen LogP contribution is 2.32. The summed E-state index contributed by atoms with van der Waals surface area (Å²) < 4.78 is 5.02. The predicted octanol–water partition coefficient (Wildman–Crippen LogP) is 3.28. The lowest BCUT2D eigenvalue weighted by Crippen LogP contribution is -2.09. The van der Waals surface area contributed by atoms with Gasteiger partial charge in [-0.25, -0.2) is 0 Å². The molecule has 1 aliphatic carbocycles. The molecule has 0 N–H and O–H groups in total. The van der Waals surface area contributed by atoms with Crippen LogP contribution < -0.4 is 0 Å². The lowest BCUT2D eigenvalue weighted by Gasteiger charge is -2.23. The second-order valence-electron chi connectivity index (χ2n) is 3.65. The van der Waals surface area contributed by atoms with Crippen molar-refractivity contribution in [3.05, 3.63) is 24.0 Å². The van der Waals surface area contributed by atoms with E-state index in [4.69, 9.17) is 4.74 Å². The van der Waals surface area contributed by atoms with Gasteiger partial charge in [0.2, 0.25) is 0 Å². The van der Waals surface area contributed by atoms with Crippen LogP contribution in [0.4, 0.5) is 0 Å². The van der Waals surface area contributed by atoms with E-state index >= 15 is 0 Å². The third-order valence-electron chi connectivity index (χ3n) is 2.54. The van der Waals surface area contributed by atoms with Gasteiger partial charge in [-0.15, -0.1) is 0 Å². The maximum Gasteiger partial charge on any atom is 0.0816 e.